The van der Waals surface area contributed by atoms with Crippen molar-refractivity contribution in [3.8, 4) is 17.0 Å². The van der Waals surface area contributed by atoms with Crippen molar-refractivity contribution in [2.24, 2.45) is 28.6 Å². The second-order valence-electron chi connectivity index (χ2n) is 18.4. The first kappa shape index (κ1) is 40.9. The Kier molecular flexibility index (Phi) is 11.1. The normalized spacial score (nSPS) is 28.0. The zero-order chi connectivity index (χ0) is 41.7. The quantitative estimate of drug-likeness (QED) is 0.171. The van der Waals surface area contributed by atoms with Gasteiger partial charge in [0.05, 0.1) is 53.4 Å². The number of benzene rings is 2. The lowest BCUT2D eigenvalue weighted by Gasteiger charge is -2.31. The Balaban J connectivity index is 1.19. The van der Waals surface area contributed by atoms with Gasteiger partial charge in [-0.15, -0.1) is 6.58 Å². The second kappa shape index (κ2) is 16.0. The average Bonchev–Trinajstić information content (AvgIpc) is 4.08. The maximum atomic E-state index is 15.0. The van der Waals surface area contributed by atoms with Crippen LogP contribution in [0.3, 0.4) is 0 Å². The highest BCUT2D eigenvalue weighted by molar-refractivity contribution is 7.90. The molecule has 3 saturated carbocycles. The Morgan fingerprint density at radius 2 is 1.80 bits per heavy atom. The van der Waals surface area contributed by atoms with Crippen LogP contribution in [0.5, 0.6) is 5.75 Å². The van der Waals surface area contributed by atoms with Crippen LogP contribution in [0.25, 0.3) is 28.2 Å². The fourth-order valence-electron chi connectivity index (χ4n) is 9.42. The predicted octanol–water partition coefficient (Wildman–Crippen LogP) is 7.50. The third kappa shape index (κ3) is 8.60. The van der Waals surface area contributed by atoms with Gasteiger partial charge in [0.1, 0.15) is 11.9 Å². The molecule has 5 aliphatic rings. The van der Waals surface area contributed by atoms with E-state index in [1.807, 2.05) is 63.2 Å². The van der Waals surface area contributed by atoms with E-state index >= 15 is 4.79 Å². The number of amides is 2. The molecule has 0 unspecified atom stereocenters. The van der Waals surface area contributed by atoms with Crippen LogP contribution in [0.15, 0.2) is 67.3 Å². The molecule has 2 aliphatic heterocycles. The molecular formula is C47H55N3O8S. The highest BCUT2D eigenvalue weighted by Crippen LogP contribution is 2.57. The molecule has 1 aromatic heterocycles. The number of pyridine rings is 1. The summed E-state index contributed by atoms with van der Waals surface area (Å²) in [5.41, 5.74) is 2.73. The summed E-state index contributed by atoms with van der Waals surface area (Å²) in [6.07, 6.45) is 10.3. The van der Waals surface area contributed by atoms with Gasteiger partial charge in [-0.1, -0.05) is 75.2 Å². The number of aryl methyl sites for hydroxylation is 1. The Morgan fingerprint density at radius 1 is 1.05 bits per heavy atom. The summed E-state index contributed by atoms with van der Waals surface area (Å²) < 4.78 is 40.8. The maximum absolute atomic E-state index is 15.0. The zero-order valence-corrected chi connectivity index (χ0v) is 35.1. The van der Waals surface area contributed by atoms with Crippen LogP contribution in [-0.4, -0.2) is 72.4 Å². The number of cyclic esters (lactones) is 1. The molecule has 3 heterocycles. The molecule has 5 atom stereocenters. The summed E-state index contributed by atoms with van der Waals surface area (Å²) in [6.45, 7) is 10.3. The van der Waals surface area contributed by atoms with E-state index in [0.29, 0.717) is 25.0 Å². The lowest BCUT2D eigenvalue weighted by atomic mass is 9.86. The Morgan fingerprint density at radius 3 is 2.49 bits per heavy atom. The summed E-state index contributed by atoms with van der Waals surface area (Å²) in [5, 5.41) is 0.187. The minimum Gasteiger partial charge on any atom is -0.488 e. The minimum absolute atomic E-state index is 0.0510. The van der Waals surface area contributed by atoms with Gasteiger partial charge in [0.25, 0.3) is 0 Å². The summed E-state index contributed by atoms with van der Waals surface area (Å²) >= 11 is 0. The second-order valence-corrected chi connectivity index (χ2v) is 20.3. The van der Waals surface area contributed by atoms with Crippen LogP contribution in [0, 0.1) is 35.5 Å². The molecule has 2 aromatic carbocycles. The molecule has 8 rings (SSSR count). The van der Waals surface area contributed by atoms with Crippen molar-refractivity contribution in [1.29, 1.82) is 0 Å². The van der Waals surface area contributed by atoms with Crippen LogP contribution in [0.1, 0.15) is 95.6 Å². The van der Waals surface area contributed by atoms with Gasteiger partial charge in [0.2, 0.25) is 21.8 Å². The summed E-state index contributed by atoms with van der Waals surface area (Å²) in [7, 11) is -3.86. The standard InChI is InChI=1S/C47H55N3O8S/c1-5-33-25-47(33,45(54)49-59(55,56)35-17-18-35)26-41(51)40-22-34-27-50(40)44(53)36(30-12-9-10-13-30)23-43(52)57-28-46(3,4)19-11-16-32-21-37-39(20-29(32)2)48-38(24-42(37)58-34)31-14-7-6-8-15-31/h5-8,11,14-16,20-21,24,30,33-36,40H,1,9-10,12-13,17-19,22-23,25-28H2,2-4H3,(H,49,54)/b16-11+/t33-,34-,36+,40+,47-/m1/s1. The number of fused-ring (bicyclic) bond motifs is 3. The van der Waals surface area contributed by atoms with E-state index < -0.39 is 56.5 Å². The monoisotopic (exact) mass is 821 g/mol. The molecule has 59 heavy (non-hydrogen) atoms. The molecule has 11 nitrogen and oxygen atoms in total. The molecule has 2 amide bonds. The Bertz CT molecular complexity index is 2310. The van der Waals surface area contributed by atoms with Crippen molar-refractivity contribution in [2.75, 3.05) is 13.2 Å². The summed E-state index contributed by atoms with van der Waals surface area (Å²) in [4.78, 5) is 63.7. The number of aromatic nitrogens is 1. The van der Waals surface area contributed by atoms with Gasteiger partial charge in [-0.2, -0.15) is 0 Å². The zero-order valence-electron chi connectivity index (χ0n) is 34.3. The first-order valence-corrected chi connectivity index (χ1v) is 22.7. The van der Waals surface area contributed by atoms with Gasteiger partial charge < -0.3 is 14.4 Å². The molecule has 0 spiro atoms. The van der Waals surface area contributed by atoms with Crippen molar-refractivity contribution in [2.45, 2.75) is 109 Å². The van der Waals surface area contributed by atoms with Crippen LogP contribution >= 0.6 is 0 Å². The molecule has 1 N–H and O–H groups in total. The molecule has 0 radical (unpaired) electrons. The molecule has 4 bridgehead atoms. The van der Waals surface area contributed by atoms with E-state index in [1.54, 1.807) is 11.0 Å². The summed E-state index contributed by atoms with van der Waals surface area (Å²) in [5.74, 6) is -2.35. The fourth-order valence-corrected chi connectivity index (χ4v) is 10.8. The molecule has 312 valence electrons. The smallest absolute Gasteiger partial charge is 0.306 e. The van der Waals surface area contributed by atoms with Gasteiger partial charge in [0.15, 0.2) is 5.78 Å². The number of nitrogens with zero attached hydrogens (tertiary/aromatic N) is 2. The van der Waals surface area contributed by atoms with E-state index in [4.69, 9.17) is 14.5 Å². The van der Waals surface area contributed by atoms with Crippen molar-refractivity contribution in [3.05, 3.63) is 78.4 Å². The number of hydrogen-bond donors (Lipinski definition) is 1. The van der Waals surface area contributed by atoms with Crippen molar-refractivity contribution in [3.63, 3.8) is 0 Å². The molecule has 12 heteroatoms. The molecular weight excluding hydrogens is 767 g/mol. The van der Waals surface area contributed by atoms with Crippen molar-refractivity contribution < 1.29 is 37.1 Å². The molecule has 3 aromatic rings. The van der Waals surface area contributed by atoms with Gasteiger partial charge in [-0.3, -0.25) is 23.9 Å². The fraction of sp³-hybridized carbons (Fsp3) is 0.511. The van der Waals surface area contributed by atoms with Gasteiger partial charge >= 0.3 is 5.97 Å². The number of nitrogens with one attached hydrogen (secondary N) is 1. The summed E-state index contributed by atoms with van der Waals surface area (Å²) in [6, 6.07) is 14.9. The number of esters is 1. The van der Waals surface area contributed by atoms with E-state index in [9.17, 15) is 22.8 Å². The predicted molar refractivity (Wildman–Crippen MR) is 225 cm³/mol. The highest BCUT2D eigenvalue weighted by atomic mass is 32.2. The number of carbonyl (C=O) groups excluding carboxylic acids is 4. The van der Waals surface area contributed by atoms with Gasteiger partial charge in [-0.25, -0.2) is 13.4 Å². The van der Waals surface area contributed by atoms with E-state index in [0.717, 1.165) is 59.0 Å². The lowest BCUT2D eigenvalue weighted by molar-refractivity contribution is -0.153. The number of Topliss-reactive ketones (excluding diaryl/α,β-unsaturated/α-hetero) is 1. The molecule has 1 saturated heterocycles. The van der Waals surface area contributed by atoms with E-state index in [1.165, 1.54) is 0 Å². The SMILES string of the molecule is C=C[C@@H]1C[C@]1(CC(=O)[C@@H]1C[C@@H]2CN1C(=O)[C@H](C1CCCC1)CC(=O)OCC(C)(C)C/C=C/c1cc3c(cc(-c4ccccc4)nc3cc1C)O2)C(=O)NS(=O)(=O)C1CC1. The average molecular weight is 822 g/mol. The van der Waals surface area contributed by atoms with Crippen LogP contribution in [0.2, 0.25) is 0 Å². The first-order valence-electron chi connectivity index (χ1n) is 21.2. The van der Waals surface area contributed by atoms with Gasteiger partial charge in [0, 0.05) is 35.3 Å². The number of rotatable bonds is 9. The van der Waals surface area contributed by atoms with E-state index in [-0.39, 0.29) is 61.9 Å². The number of ketones is 1. The van der Waals surface area contributed by atoms with Crippen LogP contribution in [-0.2, 0) is 33.9 Å². The number of hydrogen-bond acceptors (Lipinski definition) is 9. The van der Waals surface area contributed by atoms with Crippen LogP contribution < -0.4 is 9.46 Å². The number of carbonyl (C=O) groups is 4. The topological polar surface area (TPSA) is 149 Å². The molecule has 3 aliphatic carbocycles. The maximum Gasteiger partial charge on any atom is 0.306 e. The lowest BCUT2D eigenvalue weighted by Crippen LogP contribution is -2.47. The first-order chi connectivity index (χ1) is 28.2. The van der Waals surface area contributed by atoms with E-state index in [2.05, 4.69) is 29.5 Å². The van der Waals surface area contributed by atoms with Crippen molar-refractivity contribution >= 4 is 50.6 Å². The van der Waals surface area contributed by atoms with Gasteiger partial charge in [-0.05, 0) is 80.5 Å². The Labute approximate surface area is 347 Å². The number of allylic oxidation sites excluding steroid dienone is 2. The minimum atomic E-state index is -3.86. The third-order valence-corrected chi connectivity index (χ3v) is 15.1. The van der Waals surface area contributed by atoms with Crippen LogP contribution in [0.4, 0.5) is 0 Å². The highest BCUT2D eigenvalue weighted by Gasteiger charge is 2.61. The Hall–Kier alpha value is -4.84. The largest absolute Gasteiger partial charge is 0.488 e. The number of sulfonamides is 1. The number of ether oxygens (including phenoxy) is 2. The third-order valence-electron chi connectivity index (χ3n) is 13.3. The van der Waals surface area contributed by atoms with Crippen molar-refractivity contribution in [1.82, 2.24) is 14.6 Å². The molecule has 4 fully saturated rings.